The monoisotopic (exact) mass is 360 g/mol. The standard InChI is InChI=1S/C18H17ClN2O2S/c1-23-16-7-6-13(19)11-14(16)20-18(22)12-15(17-5-4-10-24-17)21-8-2-3-9-21/h2-11,15H,12H2,1H3,(H,20,22)/t15-/m1/s1. The molecule has 124 valence electrons. The first-order valence-electron chi connectivity index (χ1n) is 7.46. The van der Waals surface area contributed by atoms with E-state index in [0.29, 0.717) is 22.9 Å². The van der Waals surface area contributed by atoms with Crippen molar-refractivity contribution in [1.29, 1.82) is 0 Å². The molecule has 0 spiro atoms. The summed E-state index contributed by atoms with van der Waals surface area (Å²) in [7, 11) is 1.56. The zero-order chi connectivity index (χ0) is 16.9. The second kappa shape index (κ2) is 7.55. The molecule has 1 N–H and O–H groups in total. The number of thiophene rings is 1. The van der Waals surface area contributed by atoms with Crippen molar-refractivity contribution in [2.24, 2.45) is 0 Å². The summed E-state index contributed by atoms with van der Waals surface area (Å²) in [4.78, 5) is 13.7. The summed E-state index contributed by atoms with van der Waals surface area (Å²) in [6.45, 7) is 0. The summed E-state index contributed by atoms with van der Waals surface area (Å²) in [5.74, 6) is 0.490. The van der Waals surface area contributed by atoms with Crippen molar-refractivity contribution in [3.63, 3.8) is 0 Å². The smallest absolute Gasteiger partial charge is 0.226 e. The molecule has 2 heterocycles. The van der Waals surface area contributed by atoms with Gasteiger partial charge in [0.25, 0.3) is 0 Å². The molecule has 0 unspecified atom stereocenters. The summed E-state index contributed by atoms with van der Waals surface area (Å²) in [6, 6.07) is 13.1. The summed E-state index contributed by atoms with van der Waals surface area (Å²) in [5, 5.41) is 5.46. The largest absolute Gasteiger partial charge is 0.495 e. The summed E-state index contributed by atoms with van der Waals surface area (Å²) in [6.07, 6.45) is 4.26. The highest BCUT2D eigenvalue weighted by atomic mass is 35.5. The summed E-state index contributed by atoms with van der Waals surface area (Å²) >= 11 is 7.66. The Morgan fingerprint density at radius 3 is 2.75 bits per heavy atom. The minimum absolute atomic E-state index is 0.0369. The maximum atomic E-state index is 12.6. The topological polar surface area (TPSA) is 43.3 Å². The lowest BCUT2D eigenvalue weighted by Gasteiger charge is -2.18. The number of carbonyl (C=O) groups excluding carboxylic acids is 1. The van der Waals surface area contributed by atoms with E-state index in [2.05, 4.69) is 5.32 Å². The van der Waals surface area contributed by atoms with Gasteiger partial charge in [-0.3, -0.25) is 4.79 Å². The number of aromatic nitrogens is 1. The van der Waals surface area contributed by atoms with Crippen LogP contribution in [0.1, 0.15) is 17.3 Å². The van der Waals surface area contributed by atoms with Crippen LogP contribution < -0.4 is 10.1 Å². The molecule has 0 aliphatic carbocycles. The summed E-state index contributed by atoms with van der Waals surface area (Å²) < 4.78 is 7.32. The summed E-state index contributed by atoms with van der Waals surface area (Å²) in [5.41, 5.74) is 0.576. The van der Waals surface area contributed by atoms with Crippen molar-refractivity contribution < 1.29 is 9.53 Å². The van der Waals surface area contributed by atoms with E-state index in [0.717, 1.165) is 4.88 Å². The van der Waals surface area contributed by atoms with Crippen molar-refractivity contribution >= 4 is 34.5 Å². The first-order chi connectivity index (χ1) is 11.7. The number of methoxy groups -OCH3 is 1. The van der Waals surface area contributed by atoms with E-state index in [1.54, 1.807) is 36.6 Å². The molecule has 0 saturated carbocycles. The third-order valence-corrected chi connectivity index (χ3v) is 4.88. The van der Waals surface area contributed by atoms with Crippen LogP contribution in [0.2, 0.25) is 5.02 Å². The van der Waals surface area contributed by atoms with Gasteiger partial charge >= 0.3 is 0 Å². The van der Waals surface area contributed by atoms with Gasteiger partial charge in [0.05, 0.1) is 25.3 Å². The van der Waals surface area contributed by atoms with Gasteiger partial charge in [0.2, 0.25) is 5.91 Å². The second-order valence-electron chi connectivity index (χ2n) is 5.26. The van der Waals surface area contributed by atoms with E-state index in [1.807, 2.05) is 46.6 Å². The van der Waals surface area contributed by atoms with Crippen LogP contribution in [0.25, 0.3) is 0 Å². The van der Waals surface area contributed by atoms with Gasteiger partial charge < -0.3 is 14.6 Å². The van der Waals surface area contributed by atoms with E-state index in [-0.39, 0.29) is 11.9 Å². The Balaban J connectivity index is 1.79. The SMILES string of the molecule is COc1ccc(Cl)cc1NC(=O)C[C@H](c1cccs1)n1cccc1. The zero-order valence-electron chi connectivity index (χ0n) is 13.1. The van der Waals surface area contributed by atoms with E-state index >= 15 is 0 Å². The number of nitrogens with zero attached hydrogens (tertiary/aromatic N) is 1. The number of ether oxygens (including phenoxy) is 1. The van der Waals surface area contributed by atoms with Gasteiger partial charge in [-0.1, -0.05) is 17.7 Å². The van der Waals surface area contributed by atoms with Crippen LogP contribution in [0, 0.1) is 0 Å². The molecule has 3 aromatic rings. The predicted molar refractivity (Wildman–Crippen MR) is 98.1 cm³/mol. The normalized spacial score (nSPS) is 11.9. The van der Waals surface area contributed by atoms with Gasteiger partial charge in [-0.05, 0) is 41.8 Å². The highest BCUT2D eigenvalue weighted by molar-refractivity contribution is 7.10. The Bertz CT molecular complexity index is 766. The first-order valence-corrected chi connectivity index (χ1v) is 8.72. The maximum Gasteiger partial charge on any atom is 0.226 e. The molecule has 1 amide bonds. The number of benzene rings is 1. The van der Waals surface area contributed by atoms with Crippen LogP contribution in [-0.2, 0) is 4.79 Å². The molecule has 4 nitrogen and oxygen atoms in total. The molecule has 0 aliphatic heterocycles. The second-order valence-corrected chi connectivity index (χ2v) is 6.67. The minimum atomic E-state index is -0.0948. The molecule has 6 heteroatoms. The number of amides is 1. The van der Waals surface area contributed by atoms with Crippen molar-refractivity contribution in [3.05, 3.63) is 70.1 Å². The van der Waals surface area contributed by atoms with Crippen molar-refractivity contribution in [2.45, 2.75) is 12.5 Å². The lowest BCUT2D eigenvalue weighted by Crippen LogP contribution is -2.19. The number of halogens is 1. The maximum absolute atomic E-state index is 12.6. The molecule has 0 saturated heterocycles. The first kappa shape index (κ1) is 16.6. The van der Waals surface area contributed by atoms with Gasteiger partial charge in [0.1, 0.15) is 5.75 Å². The Morgan fingerprint density at radius 1 is 1.29 bits per heavy atom. The molecule has 0 fully saturated rings. The van der Waals surface area contributed by atoms with Crippen LogP contribution in [0.15, 0.2) is 60.2 Å². The predicted octanol–water partition coefficient (Wildman–Crippen LogP) is 4.83. The van der Waals surface area contributed by atoms with E-state index < -0.39 is 0 Å². The quantitative estimate of drug-likeness (QED) is 0.684. The van der Waals surface area contributed by atoms with Gasteiger partial charge in [-0.25, -0.2) is 0 Å². The Labute approximate surface area is 149 Å². The molecule has 1 atom stereocenters. The minimum Gasteiger partial charge on any atom is -0.495 e. The number of carbonyl (C=O) groups is 1. The van der Waals surface area contributed by atoms with E-state index in [9.17, 15) is 4.79 Å². The van der Waals surface area contributed by atoms with Gasteiger partial charge in [-0.2, -0.15) is 0 Å². The molecular formula is C18H17ClN2O2S. The average molecular weight is 361 g/mol. The fourth-order valence-electron chi connectivity index (χ4n) is 2.54. The fraction of sp³-hybridized carbons (Fsp3) is 0.167. The lowest BCUT2D eigenvalue weighted by molar-refractivity contribution is -0.116. The number of hydrogen-bond donors (Lipinski definition) is 1. The molecule has 0 radical (unpaired) electrons. The molecule has 2 aromatic heterocycles. The highest BCUT2D eigenvalue weighted by Crippen LogP contribution is 2.30. The number of nitrogens with one attached hydrogen (secondary N) is 1. The van der Waals surface area contributed by atoms with Crippen LogP contribution in [-0.4, -0.2) is 17.6 Å². The number of anilines is 1. The Morgan fingerprint density at radius 2 is 2.08 bits per heavy atom. The number of rotatable bonds is 6. The Kier molecular flexibility index (Phi) is 5.23. The van der Waals surface area contributed by atoms with Crippen LogP contribution in [0.4, 0.5) is 5.69 Å². The average Bonchev–Trinajstić information content (AvgIpc) is 3.27. The van der Waals surface area contributed by atoms with E-state index in [4.69, 9.17) is 16.3 Å². The molecular weight excluding hydrogens is 344 g/mol. The molecule has 24 heavy (non-hydrogen) atoms. The molecule has 0 aliphatic rings. The zero-order valence-corrected chi connectivity index (χ0v) is 14.7. The fourth-order valence-corrected chi connectivity index (χ4v) is 3.55. The molecule has 1 aromatic carbocycles. The van der Waals surface area contributed by atoms with Crippen molar-refractivity contribution in [1.82, 2.24) is 4.57 Å². The molecule has 3 rings (SSSR count). The van der Waals surface area contributed by atoms with Crippen LogP contribution in [0.5, 0.6) is 5.75 Å². The van der Waals surface area contributed by atoms with Crippen LogP contribution in [0.3, 0.4) is 0 Å². The van der Waals surface area contributed by atoms with Gasteiger partial charge in [-0.15, -0.1) is 11.3 Å². The Hall–Kier alpha value is -2.24. The van der Waals surface area contributed by atoms with Gasteiger partial charge in [0.15, 0.2) is 0 Å². The number of hydrogen-bond acceptors (Lipinski definition) is 3. The van der Waals surface area contributed by atoms with E-state index in [1.165, 1.54) is 0 Å². The third kappa shape index (κ3) is 3.80. The van der Waals surface area contributed by atoms with Gasteiger partial charge in [0, 0.05) is 22.3 Å². The lowest BCUT2D eigenvalue weighted by atomic mass is 10.1. The van der Waals surface area contributed by atoms with Crippen molar-refractivity contribution in [2.75, 3.05) is 12.4 Å². The van der Waals surface area contributed by atoms with Crippen molar-refractivity contribution in [3.8, 4) is 5.75 Å². The highest BCUT2D eigenvalue weighted by Gasteiger charge is 2.19. The van der Waals surface area contributed by atoms with Crippen LogP contribution >= 0.6 is 22.9 Å². The molecule has 0 bridgehead atoms. The third-order valence-electron chi connectivity index (χ3n) is 3.67.